The van der Waals surface area contributed by atoms with Crippen LogP contribution in [0.2, 0.25) is 0 Å². The molecule has 2 heterocycles. The molecule has 66 valence electrons. The molecule has 0 unspecified atom stereocenters. The van der Waals surface area contributed by atoms with E-state index in [0.29, 0.717) is 5.82 Å². The topological polar surface area (TPSA) is 71.8 Å². The minimum Gasteiger partial charge on any atom is -0.344 e. The zero-order chi connectivity index (χ0) is 9.26. The van der Waals surface area contributed by atoms with Crippen LogP contribution in [0.3, 0.4) is 0 Å². The molecule has 6 heteroatoms. The normalized spacial score (nSPS) is 10.2. The lowest BCUT2D eigenvalue weighted by Gasteiger charge is -1.85. The van der Waals surface area contributed by atoms with Crippen LogP contribution in [0.1, 0.15) is 0 Å². The van der Waals surface area contributed by atoms with Crippen molar-refractivity contribution in [1.29, 1.82) is 0 Å². The van der Waals surface area contributed by atoms with E-state index in [1.807, 2.05) is 0 Å². The van der Waals surface area contributed by atoms with Crippen LogP contribution in [0, 0.1) is 10.1 Å². The van der Waals surface area contributed by atoms with Crippen molar-refractivity contribution in [3.63, 3.8) is 0 Å². The Kier molecular flexibility index (Phi) is 1.82. The van der Waals surface area contributed by atoms with Crippen LogP contribution < -0.4 is 0 Å². The SMILES string of the molecule is O=[N+]([O-])c1ccc(-c2ncc[nH]2)s1. The highest BCUT2D eigenvalue weighted by atomic mass is 32.1. The zero-order valence-electron chi connectivity index (χ0n) is 6.43. The first kappa shape index (κ1) is 7.93. The summed E-state index contributed by atoms with van der Waals surface area (Å²) in [6, 6.07) is 3.16. The van der Waals surface area contributed by atoms with E-state index in [9.17, 15) is 10.1 Å². The molecule has 0 saturated heterocycles. The van der Waals surface area contributed by atoms with Crippen molar-refractivity contribution in [2.24, 2.45) is 0 Å². The summed E-state index contributed by atoms with van der Waals surface area (Å²) in [5, 5.41) is 10.5. The predicted molar refractivity (Wildman–Crippen MR) is 48.6 cm³/mol. The number of imidazole rings is 1. The Morgan fingerprint density at radius 1 is 1.54 bits per heavy atom. The van der Waals surface area contributed by atoms with E-state index in [0.717, 1.165) is 16.2 Å². The number of nitrogens with zero attached hydrogens (tertiary/aromatic N) is 2. The van der Waals surface area contributed by atoms with Gasteiger partial charge < -0.3 is 4.98 Å². The molecular weight excluding hydrogens is 190 g/mol. The molecule has 0 aliphatic heterocycles. The van der Waals surface area contributed by atoms with Gasteiger partial charge >= 0.3 is 5.00 Å². The summed E-state index contributed by atoms with van der Waals surface area (Å²) in [5.74, 6) is 0.665. The Morgan fingerprint density at radius 3 is 2.92 bits per heavy atom. The molecule has 2 aromatic rings. The van der Waals surface area contributed by atoms with Gasteiger partial charge in [0.15, 0.2) is 0 Å². The van der Waals surface area contributed by atoms with E-state index in [1.165, 1.54) is 6.07 Å². The monoisotopic (exact) mass is 195 g/mol. The minimum atomic E-state index is -0.406. The number of H-pyrrole nitrogens is 1. The molecule has 0 fully saturated rings. The average Bonchev–Trinajstić information content (AvgIpc) is 2.75. The number of nitrogens with one attached hydrogen (secondary N) is 1. The lowest BCUT2D eigenvalue weighted by atomic mass is 10.4. The second-order valence-corrected chi connectivity index (χ2v) is 3.40. The van der Waals surface area contributed by atoms with Gasteiger partial charge in [0.2, 0.25) is 0 Å². The minimum absolute atomic E-state index is 0.131. The average molecular weight is 195 g/mol. The molecule has 0 bridgehead atoms. The van der Waals surface area contributed by atoms with Gasteiger partial charge in [-0.05, 0) is 6.07 Å². The van der Waals surface area contributed by atoms with Crippen molar-refractivity contribution in [2.75, 3.05) is 0 Å². The summed E-state index contributed by atoms with van der Waals surface area (Å²) in [6.07, 6.45) is 3.29. The third-order valence-electron chi connectivity index (χ3n) is 1.50. The van der Waals surface area contributed by atoms with Gasteiger partial charge in [0.05, 0.1) is 9.80 Å². The summed E-state index contributed by atoms with van der Waals surface area (Å²) in [5.41, 5.74) is 0. The number of hydrogen-bond acceptors (Lipinski definition) is 4. The van der Waals surface area contributed by atoms with Crippen LogP contribution in [-0.4, -0.2) is 14.9 Å². The quantitative estimate of drug-likeness (QED) is 0.588. The van der Waals surface area contributed by atoms with Gasteiger partial charge in [-0.1, -0.05) is 11.3 Å². The number of rotatable bonds is 2. The Hall–Kier alpha value is -1.69. The van der Waals surface area contributed by atoms with Crippen LogP contribution in [-0.2, 0) is 0 Å². The molecule has 0 atom stereocenters. The van der Waals surface area contributed by atoms with Gasteiger partial charge in [-0.15, -0.1) is 0 Å². The maximum absolute atomic E-state index is 10.4. The fraction of sp³-hybridized carbons (Fsp3) is 0. The Balaban J connectivity index is 2.39. The van der Waals surface area contributed by atoms with Gasteiger partial charge in [0.25, 0.3) is 0 Å². The number of aromatic nitrogens is 2. The van der Waals surface area contributed by atoms with Gasteiger partial charge in [-0.3, -0.25) is 10.1 Å². The highest BCUT2D eigenvalue weighted by Crippen LogP contribution is 2.30. The van der Waals surface area contributed by atoms with Crippen molar-refractivity contribution in [3.05, 3.63) is 34.6 Å². The van der Waals surface area contributed by atoms with Crippen molar-refractivity contribution in [1.82, 2.24) is 9.97 Å². The smallest absolute Gasteiger partial charge is 0.324 e. The maximum Gasteiger partial charge on any atom is 0.324 e. The summed E-state index contributed by atoms with van der Waals surface area (Å²) in [6.45, 7) is 0. The first-order valence-electron chi connectivity index (χ1n) is 3.51. The third kappa shape index (κ3) is 1.43. The molecule has 13 heavy (non-hydrogen) atoms. The van der Waals surface area contributed by atoms with Crippen molar-refractivity contribution >= 4 is 16.3 Å². The van der Waals surface area contributed by atoms with E-state index >= 15 is 0 Å². The number of thiophene rings is 1. The summed E-state index contributed by atoms with van der Waals surface area (Å²) < 4.78 is 0. The van der Waals surface area contributed by atoms with Crippen molar-refractivity contribution in [3.8, 4) is 10.7 Å². The van der Waals surface area contributed by atoms with E-state index in [1.54, 1.807) is 18.5 Å². The molecule has 0 spiro atoms. The van der Waals surface area contributed by atoms with Gasteiger partial charge in [-0.25, -0.2) is 4.98 Å². The Bertz CT molecular complexity index is 421. The van der Waals surface area contributed by atoms with Crippen molar-refractivity contribution in [2.45, 2.75) is 0 Å². The summed E-state index contributed by atoms with van der Waals surface area (Å²) >= 11 is 1.11. The van der Waals surface area contributed by atoms with Crippen LogP contribution >= 0.6 is 11.3 Å². The Labute approximate surface area is 77.2 Å². The van der Waals surface area contributed by atoms with Crippen molar-refractivity contribution < 1.29 is 4.92 Å². The summed E-state index contributed by atoms with van der Waals surface area (Å²) in [4.78, 5) is 17.6. The van der Waals surface area contributed by atoms with E-state index in [2.05, 4.69) is 9.97 Å². The van der Waals surface area contributed by atoms with Crippen LogP contribution in [0.5, 0.6) is 0 Å². The molecule has 0 saturated carbocycles. The molecule has 1 N–H and O–H groups in total. The molecule has 0 aliphatic carbocycles. The van der Waals surface area contributed by atoms with E-state index < -0.39 is 4.92 Å². The fourth-order valence-electron chi connectivity index (χ4n) is 0.953. The molecule has 0 amide bonds. The lowest BCUT2D eigenvalue weighted by molar-refractivity contribution is -0.380. The van der Waals surface area contributed by atoms with Gasteiger partial charge in [0, 0.05) is 18.5 Å². The number of hydrogen-bond donors (Lipinski definition) is 1. The van der Waals surface area contributed by atoms with Gasteiger partial charge in [-0.2, -0.15) is 0 Å². The second-order valence-electron chi connectivity index (χ2n) is 2.33. The first-order valence-corrected chi connectivity index (χ1v) is 4.33. The highest BCUT2D eigenvalue weighted by Gasteiger charge is 2.11. The third-order valence-corrected chi connectivity index (χ3v) is 2.55. The zero-order valence-corrected chi connectivity index (χ0v) is 7.25. The molecule has 2 aromatic heterocycles. The highest BCUT2D eigenvalue weighted by molar-refractivity contribution is 7.18. The molecule has 2 rings (SSSR count). The molecular formula is C7H5N3O2S. The van der Waals surface area contributed by atoms with Crippen LogP contribution in [0.25, 0.3) is 10.7 Å². The van der Waals surface area contributed by atoms with Crippen LogP contribution in [0.4, 0.5) is 5.00 Å². The first-order chi connectivity index (χ1) is 6.27. The fourth-order valence-corrected chi connectivity index (χ4v) is 1.73. The van der Waals surface area contributed by atoms with Crippen LogP contribution in [0.15, 0.2) is 24.5 Å². The Morgan fingerprint density at radius 2 is 2.38 bits per heavy atom. The predicted octanol–water partition coefficient (Wildman–Crippen LogP) is 2.05. The summed E-state index contributed by atoms with van der Waals surface area (Å²) in [7, 11) is 0. The molecule has 5 nitrogen and oxygen atoms in total. The largest absolute Gasteiger partial charge is 0.344 e. The standard InChI is InChI=1S/C7H5N3O2S/c11-10(12)6-2-1-5(13-6)7-8-3-4-9-7/h1-4H,(H,8,9). The number of nitro groups is 1. The van der Waals surface area contributed by atoms with E-state index in [-0.39, 0.29) is 5.00 Å². The molecule has 0 aliphatic rings. The number of aromatic amines is 1. The van der Waals surface area contributed by atoms with Gasteiger partial charge in [0.1, 0.15) is 5.82 Å². The lowest BCUT2D eigenvalue weighted by Crippen LogP contribution is -1.80. The molecule has 0 radical (unpaired) electrons. The molecule has 0 aromatic carbocycles. The second kappa shape index (κ2) is 2.98. The maximum atomic E-state index is 10.4. The van der Waals surface area contributed by atoms with E-state index in [4.69, 9.17) is 0 Å².